The van der Waals surface area contributed by atoms with E-state index in [1.54, 1.807) is 0 Å². The van der Waals surface area contributed by atoms with Crippen molar-refractivity contribution in [1.29, 1.82) is 0 Å². The van der Waals surface area contributed by atoms with Gasteiger partial charge in [-0.2, -0.15) is 0 Å². The van der Waals surface area contributed by atoms with Crippen LogP contribution in [0.4, 0.5) is 0 Å². The van der Waals surface area contributed by atoms with Crippen LogP contribution in [-0.2, 0) is 6.54 Å². The van der Waals surface area contributed by atoms with Crippen molar-refractivity contribution >= 4 is 0 Å². The molecule has 1 aliphatic carbocycles. The molecule has 1 aromatic heterocycles. The van der Waals surface area contributed by atoms with E-state index in [-0.39, 0.29) is 0 Å². The van der Waals surface area contributed by atoms with Crippen LogP contribution in [0, 0.1) is 11.8 Å². The molecule has 0 radical (unpaired) electrons. The second kappa shape index (κ2) is 6.42. The molecule has 1 heterocycles. The zero-order valence-electron chi connectivity index (χ0n) is 12.0. The van der Waals surface area contributed by atoms with Crippen LogP contribution in [0.1, 0.15) is 63.9 Å². The maximum atomic E-state index is 5.86. The maximum absolute atomic E-state index is 5.86. The van der Waals surface area contributed by atoms with Gasteiger partial charge in [0.1, 0.15) is 11.5 Å². The molecule has 0 saturated heterocycles. The maximum Gasteiger partial charge on any atom is 0.117 e. The van der Waals surface area contributed by atoms with Crippen molar-refractivity contribution in [1.82, 2.24) is 5.32 Å². The summed E-state index contributed by atoms with van der Waals surface area (Å²) in [6.45, 7) is 8.85. The van der Waals surface area contributed by atoms with E-state index >= 15 is 0 Å². The molecule has 102 valence electrons. The van der Waals surface area contributed by atoms with Gasteiger partial charge < -0.3 is 9.73 Å². The summed E-state index contributed by atoms with van der Waals surface area (Å²) in [6, 6.07) is 4.28. The Morgan fingerprint density at radius 3 is 2.78 bits per heavy atom. The standard InChI is InChI=1S/C16H27NO/c1-12(2)6-4-5-9-17-11-14-7-8-16(18-14)15-10-13(15)3/h7-8,12-13,15,17H,4-6,9-11H2,1-3H3. The highest BCUT2D eigenvalue weighted by Crippen LogP contribution is 2.47. The Balaban J connectivity index is 1.57. The van der Waals surface area contributed by atoms with Gasteiger partial charge in [0.25, 0.3) is 0 Å². The summed E-state index contributed by atoms with van der Waals surface area (Å²) in [7, 11) is 0. The number of furan rings is 1. The first kappa shape index (κ1) is 13.7. The van der Waals surface area contributed by atoms with Gasteiger partial charge in [0, 0.05) is 5.92 Å². The van der Waals surface area contributed by atoms with Gasteiger partial charge >= 0.3 is 0 Å². The third kappa shape index (κ3) is 4.16. The highest BCUT2D eigenvalue weighted by Gasteiger charge is 2.36. The summed E-state index contributed by atoms with van der Waals surface area (Å²) in [6.07, 6.45) is 5.24. The van der Waals surface area contributed by atoms with E-state index in [9.17, 15) is 0 Å². The minimum Gasteiger partial charge on any atom is -0.464 e. The highest BCUT2D eigenvalue weighted by molar-refractivity contribution is 5.17. The molecule has 0 spiro atoms. The molecule has 2 nitrogen and oxygen atoms in total. The van der Waals surface area contributed by atoms with E-state index in [4.69, 9.17) is 4.42 Å². The van der Waals surface area contributed by atoms with Crippen LogP contribution in [0.3, 0.4) is 0 Å². The van der Waals surface area contributed by atoms with Crippen molar-refractivity contribution in [3.8, 4) is 0 Å². The van der Waals surface area contributed by atoms with Crippen molar-refractivity contribution in [3.05, 3.63) is 23.7 Å². The minimum atomic E-state index is 0.699. The van der Waals surface area contributed by atoms with Crippen molar-refractivity contribution in [3.63, 3.8) is 0 Å². The van der Waals surface area contributed by atoms with Gasteiger partial charge in [-0.15, -0.1) is 0 Å². The largest absolute Gasteiger partial charge is 0.464 e. The lowest BCUT2D eigenvalue weighted by molar-refractivity contribution is 0.439. The molecule has 1 N–H and O–H groups in total. The lowest BCUT2D eigenvalue weighted by Crippen LogP contribution is -2.14. The quantitative estimate of drug-likeness (QED) is 0.694. The first-order valence-electron chi connectivity index (χ1n) is 7.46. The van der Waals surface area contributed by atoms with Gasteiger partial charge in [-0.25, -0.2) is 0 Å². The zero-order chi connectivity index (χ0) is 13.0. The summed E-state index contributed by atoms with van der Waals surface area (Å²) in [5.41, 5.74) is 0. The molecule has 0 bridgehead atoms. The second-order valence-corrected chi connectivity index (χ2v) is 6.19. The van der Waals surface area contributed by atoms with Gasteiger partial charge in [-0.05, 0) is 43.4 Å². The molecule has 1 aliphatic rings. The lowest BCUT2D eigenvalue weighted by Gasteiger charge is -2.05. The molecule has 2 heteroatoms. The summed E-state index contributed by atoms with van der Waals surface area (Å²) < 4.78 is 5.86. The summed E-state index contributed by atoms with van der Waals surface area (Å²) in [5, 5.41) is 3.47. The van der Waals surface area contributed by atoms with E-state index in [2.05, 4.69) is 38.2 Å². The van der Waals surface area contributed by atoms with Gasteiger partial charge in [-0.3, -0.25) is 0 Å². The van der Waals surface area contributed by atoms with Crippen molar-refractivity contribution in [2.24, 2.45) is 11.8 Å². The molecule has 2 rings (SSSR count). The third-order valence-corrected chi connectivity index (χ3v) is 3.84. The molecule has 18 heavy (non-hydrogen) atoms. The van der Waals surface area contributed by atoms with Crippen LogP contribution in [0.25, 0.3) is 0 Å². The molecule has 0 amide bonds. The molecule has 2 unspecified atom stereocenters. The summed E-state index contributed by atoms with van der Waals surface area (Å²) in [4.78, 5) is 0. The first-order chi connectivity index (χ1) is 8.66. The van der Waals surface area contributed by atoms with Crippen LogP contribution in [-0.4, -0.2) is 6.54 Å². The van der Waals surface area contributed by atoms with E-state index in [1.807, 2.05) is 0 Å². The molecular formula is C16H27NO. The Morgan fingerprint density at radius 1 is 1.33 bits per heavy atom. The van der Waals surface area contributed by atoms with E-state index < -0.39 is 0 Å². The van der Waals surface area contributed by atoms with Gasteiger partial charge in [0.2, 0.25) is 0 Å². The van der Waals surface area contributed by atoms with Crippen molar-refractivity contribution in [2.75, 3.05) is 6.54 Å². The van der Waals surface area contributed by atoms with Crippen molar-refractivity contribution in [2.45, 2.75) is 58.9 Å². The Labute approximate surface area is 111 Å². The molecule has 1 aromatic rings. The molecule has 0 aromatic carbocycles. The minimum absolute atomic E-state index is 0.699. The normalized spacial score (nSPS) is 22.7. The zero-order valence-corrected chi connectivity index (χ0v) is 12.0. The Kier molecular flexibility index (Phi) is 4.87. The molecule has 1 fully saturated rings. The topological polar surface area (TPSA) is 25.2 Å². The van der Waals surface area contributed by atoms with Crippen LogP contribution in [0.15, 0.2) is 16.5 Å². The predicted octanol–water partition coefficient (Wildman–Crippen LogP) is 4.32. The average molecular weight is 249 g/mol. The second-order valence-electron chi connectivity index (χ2n) is 6.19. The van der Waals surface area contributed by atoms with Gasteiger partial charge in [0.15, 0.2) is 0 Å². The van der Waals surface area contributed by atoms with Gasteiger partial charge in [-0.1, -0.05) is 33.6 Å². The van der Waals surface area contributed by atoms with Gasteiger partial charge in [0.05, 0.1) is 6.54 Å². The number of rotatable bonds is 8. The van der Waals surface area contributed by atoms with Crippen LogP contribution < -0.4 is 5.32 Å². The number of unbranched alkanes of at least 4 members (excludes halogenated alkanes) is 1. The summed E-state index contributed by atoms with van der Waals surface area (Å²) >= 11 is 0. The molecule has 0 aliphatic heterocycles. The molecule has 2 atom stereocenters. The molecule has 1 saturated carbocycles. The number of hydrogen-bond acceptors (Lipinski definition) is 2. The van der Waals surface area contributed by atoms with Crippen LogP contribution >= 0.6 is 0 Å². The monoisotopic (exact) mass is 249 g/mol. The SMILES string of the molecule is CC(C)CCCCNCc1ccc(C2CC2C)o1. The Bertz CT molecular complexity index is 356. The van der Waals surface area contributed by atoms with E-state index in [0.29, 0.717) is 5.92 Å². The fourth-order valence-corrected chi connectivity index (χ4v) is 2.42. The van der Waals surface area contributed by atoms with E-state index in [1.165, 1.54) is 31.4 Å². The highest BCUT2D eigenvalue weighted by atomic mass is 16.3. The number of hydrogen-bond donors (Lipinski definition) is 1. The number of nitrogens with one attached hydrogen (secondary N) is 1. The Morgan fingerprint density at radius 2 is 2.11 bits per heavy atom. The molecular weight excluding hydrogens is 222 g/mol. The third-order valence-electron chi connectivity index (χ3n) is 3.84. The van der Waals surface area contributed by atoms with Crippen LogP contribution in [0.2, 0.25) is 0 Å². The van der Waals surface area contributed by atoms with E-state index in [0.717, 1.165) is 30.7 Å². The average Bonchev–Trinajstić information content (AvgIpc) is 2.88. The first-order valence-corrected chi connectivity index (χ1v) is 7.46. The summed E-state index contributed by atoms with van der Waals surface area (Å²) in [5.74, 6) is 4.64. The smallest absolute Gasteiger partial charge is 0.117 e. The van der Waals surface area contributed by atoms with Crippen molar-refractivity contribution < 1.29 is 4.42 Å². The fourth-order valence-electron chi connectivity index (χ4n) is 2.42. The Hall–Kier alpha value is -0.760. The van der Waals surface area contributed by atoms with Crippen LogP contribution in [0.5, 0.6) is 0 Å². The fraction of sp³-hybridized carbons (Fsp3) is 0.750. The predicted molar refractivity (Wildman–Crippen MR) is 75.6 cm³/mol. The lowest BCUT2D eigenvalue weighted by atomic mass is 10.1.